The van der Waals surface area contributed by atoms with Gasteiger partial charge in [-0.2, -0.15) is 0 Å². The van der Waals surface area contributed by atoms with E-state index >= 15 is 0 Å². The van der Waals surface area contributed by atoms with Crippen LogP contribution >= 0.6 is 0 Å². The van der Waals surface area contributed by atoms with Crippen molar-refractivity contribution in [2.24, 2.45) is 0 Å². The summed E-state index contributed by atoms with van der Waals surface area (Å²) in [6.45, 7) is -0.646. The van der Waals surface area contributed by atoms with Gasteiger partial charge in [-0.3, -0.25) is 35.1 Å². The van der Waals surface area contributed by atoms with Gasteiger partial charge in [0.05, 0.1) is 26.4 Å². The highest BCUT2D eigenvalue weighted by Gasteiger charge is 2.21. The van der Waals surface area contributed by atoms with Gasteiger partial charge in [0.15, 0.2) is 6.61 Å². The highest BCUT2D eigenvalue weighted by atomic mass is 16.6. The smallest absolute Gasteiger partial charge is 0.338 e. The van der Waals surface area contributed by atoms with Crippen LogP contribution in [0.2, 0.25) is 0 Å². The van der Waals surface area contributed by atoms with Gasteiger partial charge in [0.1, 0.15) is 5.75 Å². The fourth-order valence-corrected chi connectivity index (χ4v) is 2.73. The van der Waals surface area contributed by atoms with Crippen molar-refractivity contribution in [1.82, 2.24) is 0 Å². The van der Waals surface area contributed by atoms with E-state index < -0.39 is 44.5 Å². The highest BCUT2D eigenvalue weighted by molar-refractivity contribution is 5.99. The van der Waals surface area contributed by atoms with Crippen LogP contribution in [0.3, 0.4) is 0 Å². The summed E-state index contributed by atoms with van der Waals surface area (Å²) < 4.78 is 10.3. The molecule has 0 aliphatic heterocycles. The first kappa shape index (κ1) is 23.5. The Morgan fingerprint density at radius 1 is 0.735 bits per heavy atom. The molecule has 0 saturated carbocycles. The molecule has 0 aromatic heterocycles. The standard InChI is InChI=1S/C21H13N3O10/c25-19(14-2-1-3-15(10-14)22(27)28)12-33-21(26)13-4-7-17(8-5-13)34-20-9-6-16(23(29)30)11-18(20)24(31)32/h1-11H,12H2. The fraction of sp³-hybridized carbons (Fsp3) is 0.0476. The number of benzene rings is 3. The van der Waals surface area contributed by atoms with Gasteiger partial charge in [-0.05, 0) is 30.3 Å². The summed E-state index contributed by atoms with van der Waals surface area (Å²) in [5, 5.41) is 32.8. The van der Waals surface area contributed by atoms with Crippen molar-refractivity contribution in [3.8, 4) is 11.5 Å². The van der Waals surface area contributed by atoms with Crippen LogP contribution < -0.4 is 4.74 Å². The monoisotopic (exact) mass is 467 g/mol. The second-order valence-electron chi connectivity index (χ2n) is 6.60. The lowest BCUT2D eigenvalue weighted by Crippen LogP contribution is -2.14. The molecule has 0 atom stereocenters. The molecular formula is C21H13N3O10. The van der Waals surface area contributed by atoms with Gasteiger partial charge in [-0.25, -0.2) is 4.79 Å². The molecule has 3 aromatic rings. The number of esters is 1. The highest BCUT2D eigenvalue weighted by Crippen LogP contribution is 2.34. The number of nitro benzene ring substituents is 3. The van der Waals surface area contributed by atoms with Gasteiger partial charge in [0, 0.05) is 23.8 Å². The Morgan fingerprint density at radius 3 is 2.00 bits per heavy atom. The minimum absolute atomic E-state index is 0.00967. The second kappa shape index (κ2) is 9.95. The van der Waals surface area contributed by atoms with Crippen molar-refractivity contribution >= 4 is 28.8 Å². The van der Waals surface area contributed by atoms with E-state index in [0.29, 0.717) is 0 Å². The molecule has 0 amide bonds. The summed E-state index contributed by atoms with van der Waals surface area (Å²) in [6, 6.07) is 13.1. The lowest BCUT2D eigenvalue weighted by Gasteiger charge is -2.08. The van der Waals surface area contributed by atoms with Crippen molar-refractivity contribution in [3.63, 3.8) is 0 Å². The van der Waals surface area contributed by atoms with E-state index in [-0.39, 0.29) is 28.3 Å². The molecule has 13 nitrogen and oxygen atoms in total. The quantitative estimate of drug-likeness (QED) is 0.191. The molecule has 0 radical (unpaired) electrons. The Bertz CT molecular complexity index is 1300. The van der Waals surface area contributed by atoms with Crippen LogP contribution in [-0.2, 0) is 4.74 Å². The summed E-state index contributed by atoms with van der Waals surface area (Å²) in [7, 11) is 0. The van der Waals surface area contributed by atoms with Crippen LogP contribution in [0, 0.1) is 30.3 Å². The summed E-state index contributed by atoms with van der Waals surface area (Å²) in [6.07, 6.45) is 0. The van der Waals surface area contributed by atoms with Crippen LogP contribution in [0.5, 0.6) is 11.5 Å². The molecule has 172 valence electrons. The average molecular weight is 467 g/mol. The maximum absolute atomic E-state index is 12.2. The molecule has 34 heavy (non-hydrogen) atoms. The molecule has 0 heterocycles. The number of non-ortho nitro benzene ring substituents is 2. The lowest BCUT2D eigenvalue weighted by molar-refractivity contribution is -0.394. The lowest BCUT2D eigenvalue weighted by atomic mass is 10.1. The van der Waals surface area contributed by atoms with Crippen molar-refractivity contribution in [3.05, 3.63) is 108 Å². The molecule has 0 spiro atoms. The number of hydrogen-bond donors (Lipinski definition) is 0. The first-order valence-electron chi connectivity index (χ1n) is 9.31. The zero-order chi connectivity index (χ0) is 24.8. The van der Waals surface area contributed by atoms with Crippen LogP contribution in [0.15, 0.2) is 66.7 Å². The second-order valence-corrected chi connectivity index (χ2v) is 6.60. The largest absolute Gasteiger partial charge is 0.454 e. The zero-order valence-electron chi connectivity index (χ0n) is 17.0. The van der Waals surface area contributed by atoms with Gasteiger partial charge >= 0.3 is 11.7 Å². The molecule has 0 bridgehead atoms. The zero-order valence-corrected chi connectivity index (χ0v) is 17.0. The molecule has 0 N–H and O–H groups in total. The molecule has 0 aliphatic carbocycles. The molecule has 3 aromatic carbocycles. The van der Waals surface area contributed by atoms with Crippen molar-refractivity contribution < 1.29 is 33.8 Å². The Morgan fingerprint density at radius 2 is 1.38 bits per heavy atom. The number of ether oxygens (including phenoxy) is 2. The number of nitro groups is 3. The molecule has 3 rings (SSSR count). The van der Waals surface area contributed by atoms with Crippen molar-refractivity contribution in [2.75, 3.05) is 6.61 Å². The van der Waals surface area contributed by atoms with E-state index in [9.17, 15) is 39.9 Å². The average Bonchev–Trinajstić information content (AvgIpc) is 2.82. The maximum atomic E-state index is 12.2. The Hall–Kier alpha value is -5.20. The Labute approximate surface area is 189 Å². The van der Waals surface area contributed by atoms with Crippen molar-refractivity contribution in [2.45, 2.75) is 0 Å². The van der Waals surface area contributed by atoms with Crippen LogP contribution in [0.25, 0.3) is 0 Å². The third-order valence-corrected chi connectivity index (χ3v) is 4.38. The van der Waals surface area contributed by atoms with Gasteiger partial charge in [-0.1, -0.05) is 12.1 Å². The van der Waals surface area contributed by atoms with E-state index in [1.165, 1.54) is 42.5 Å². The van der Waals surface area contributed by atoms with E-state index in [0.717, 1.165) is 24.3 Å². The fourth-order valence-electron chi connectivity index (χ4n) is 2.73. The molecular weight excluding hydrogens is 454 g/mol. The third-order valence-electron chi connectivity index (χ3n) is 4.38. The first-order valence-corrected chi connectivity index (χ1v) is 9.31. The molecule has 0 aliphatic rings. The SMILES string of the molecule is O=C(COC(=O)c1ccc(Oc2ccc([N+](=O)[O-])cc2[N+](=O)[O-])cc1)c1cccc([N+](=O)[O-])c1. The topological polar surface area (TPSA) is 182 Å². The van der Waals surface area contributed by atoms with Gasteiger partial charge < -0.3 is 9.47 Å². The summed E-state index contributed by atoms with van der Waals surface area (Å²) in [4.78, 5) is 54.9. The molecule has 13 heteroatoms. The third kappa shape index (κ3) is 5.53. The number of hydrogen-bond acceptors (Lipinski definition) is 10. The summed E-state index contributed by atoms with van der Waals surface area (Å²) in [5.41, 5.74) is -1.32. The van der Waals surface area contributed by atoms with Gasteiger partial charge in [0.25, 0.3) is 11.4 Å². The molecule has 0 saturated heterocycles. The van der Waals surface area contributed by atoms with Crippen LogP contribution in [-0.4, -0.2) is 33.1 Å². The Balaban J connectivity index is 1.65. The predicted octanol–water partition coefficient (Wildman–Crippen LogP) is 4.24. The van der Waals surface area contributed by atoms with E-state index in [2.05, 4.69) is 0 Å². The molecule has 0 unspecified atom stereocenters. The number of rotatable bonds is 9. The maximum Gasteiger partial charge on any atom is 0.338 e. The number of carbonyl (C=O) groups excluding carboxylic acids is 2. The van der Waals surface area contributed by atoms with E-state index in [4.69, 9.17) is 9.47 Å². The van der Waals surface area contributed by atoms with Crippen LogP contribution in [0.1, 0.15) is 20.7 Å². The normalized spacial score (nSPS) is 10.2. The predicted molar refractivity (Wildman–Crippen MR) is 114 cm³/mol. The van der Waals surface area contributed by atoms with Crippen molar-refractivity contribution in [1.29, 1.82) is 0 Å². The molecule has 0 fully saturated rings. The van der Waals surface area contributed by atoms with Gasteiger partial charge in [0.2, 0.25) is 11.5 Å². The number of ketones is 1. The summed E-state index contributed by atoms with van der Waals surface area (Å²) >= 11 is 0. The first-order chi connectivity index (χ1) is 16.2. The number of carbonyl (C=O) groups is 2. The Kier molecular flexibility index (Phi) is 6.87. The minimum Gasteiger partial charge on any atom is -0.454 e. The number of nitrogens with zero attached hydrogens (tertiary/aromatic N) is 3. The van der Waals surface area contributed by atoms with Crippen LogP contribution in [0.4, 0.5) is 17.1 Å². The minimum atomic E-state index is -0.855. The number of Topliss-reactive ketones (excluding diaryl/α,β-unsaturated/α-hetero) is 1. The van der Waals surface area contributed by atoms with E-state index in [1.807, 2.05) is 0 Å². The van der Waals surface area contributed by atoms with Gasteiger partial charge in [-0.15, -0.1) is 0 Å². The summed E-state index contributed by atoms with van der Waals surface area (Å²) in [5.74, 6) is -1.64. The van der Waals surface area contributed by atoms with E-state index in [1.54, 1.807) is 0 Å².